The van der Waals surface area contributed by atoms with Gasteiger partial charge in [0.15, 0.2) is 0 Å². The van der Waals surface area contributed by atoms with Crippen molar-refractivity contribution < 1.29 is 0 Å². The molecule has 2 fully saturated rings. The highest BCUT2D eigenvalue weighted by Crippen LogP contribution is 2.21. The summed E-state index contributed by atoms with van der Waals surface area (Å²) in [7, 11) is 0. The van der Waals surface area contributed by atoms with Crippen LogP contribution in [-0.4, -0.2) is 30.1 Å². The molecule has 2 heterocycles. The van der Waals surface area contributed by atoms with Gasteiger partial charge in [-0.05, 0) is 37.0 Å². The Morgan fingerprint density at radius 2 is 1.88 bits per heavy atom. The lowest BCUT2D eigenvalue weighted by atomic mass is 10.1. The molecule has 2 bridgehead atoms. The summed E-state index contributed by atoms with van der Waals surface area (Å²) in [6.07, 6.45) is 4.02. The fraction of sp³-hybridized carbons (Fsp3) is 0.571. The van der Waals surface area contributed by atoms with E-state index in [1.807, 2.05) is 12.1 Å². The number of fused-ring (bicyclic) bond motifs is 2. The van der Waals surface area contributed by atoms with Crippen LogP contribution >= 0.6 is 11.6 Å². The van der Waals surface area contributed by atoms with Crippen molar-refractivity contribution in [3.63, 3.8) is 0 Å². The molecule has 3 heteroatoms. The highest BCUT2D eigenvalue weighted by molar-refractivity contribution is 6.30. The molecule has 0 amide bonds. The Morgan fingerprint density at radius 1 is 1.12 bits per heavy atom. The summed E-state index contributed by atoms with van der Waals surface area (Å²) in [6, 6.07) is 9.74. The summed E-state index contributed by atoms with van der Waals surface area (Å²) < 4.78 is 0. The SMILES string of the molecule is Clc1ccc(CN2CCC3CCC(C2)N3)cc1. The third kappa shape index (κ3) is 2.82. The molecule has 2 saturated heterocycles. The number of benzene rings is 1. The molecule has 0 radical (unpaired) electrons. The standard InChI is InChI=1S/C14H19ClN2/c15-12-3-1-11(2-4-12)9-17-8-7-13-5-6-14(10-17)16-13/h1-4,13-14,16H,5-10H2. The first-order chi connectivity index (χ1) is 8.29. The molecule has 1 aromatic carbocycles. The van der Waals surface area contributed by atoms with Gasteiger partial charge < -0.3 is 5.32 Å². The van der Waals surface area contributed by atoms with E-state index < -0.39 is 0 Å². The summed E-state index contributed by atoms with van der Waals surface area (Å²) in [4.78, 5) is 2.57. The number of rotatable bonds is 2. The number of halogens is 1. The van der Waals surface area contributed by atoms with Crippen molar-refractivity contribution in [2.24, 2.45) is 0 Å². The van der Waals surface area contributed by atoms with Crippen LogP contribution in [0.5, 0.6) is 0 Å². The lowest BCUT2D eigenvalue weighted by molar-refractivity contribution is 0.251. The molecule has 0 saturated carbocycles. The van der Waals surface area contributed by atoms with Crippen LogP contribution in [0, 0.1) is 0 Å². The van der Waals surface area contributed by atoms with Crippen molar-refractivity contribution in [2.75, 3.05) is 13.1 Å². The Morgan fingerprint density at radius 3 is 2.71 bits per heavy atom. The van der Waals surface area contributed by atoms with Gasteiger partial charge in [-0.3, -0.25) is 4.90 Å². The summed E-state index contributed by atoms with van der Waals surface area (Å²) in [5, 5.41) is 4.54. The first kappa shape index (κ1) is 11.5. The first-order valence-corrected chi connectivity index (χ1v) is 6.90. The minimum absolute atomic E-state index is 0.717. The zero-order valence-electron chi connectivity index (χ0n) is 10.0. The van der Waals surface area contributed by atoms with E-state index in [-0.39, 0.29) is 0 Å². The highest BCUT2D eigenvalue weighted by Gasteiger charge is 2.28. The summed E-state index contributed by atoms with van der Waals surface area (Å²) in [5.74, 6) is 0. The number of nitrogens with one attached hydrogen (secondary N) is 1. The van der Waals surface area contributed by atoms with E-state index in [1.165, 1.54) is 37.9 Å². The van der Waals surface area contributed by atoms with Gasteiger partial charge in [-0.1, -0.05) is 23.7 Å². The molecule has 92 valence electrons. The minimum Gasteiger partial charge on any atom is -0.310 e. The maximum Gasteiger partial charge on any atom is 0.0406 e. The van der Waals surface area contributed by atoms with Crippen LogP contribution in [0.4, 0.5) is 0 Å². The summed E-state index contributed by atoms with van der Waals surface area (Å²) >= 11 is 5.91. The third-order valence-corrected chi connectivity index (χ3v) is 4.18. The van der Waals surface area contributed by atoms with Crippen LogP contribution in [0.3, 0.4) is 0 Å². The normalized spacial score (nSPS) is 29.2. The van der Waals surface area contributed by atoms with Crippen LogP contribution in [0.1, 0.15) is 24.8 Å². The van der Waals surface area contributed by atoms with Gasteiger partial charge in [-0.15, -0.1) is 0 Å². The molecule has 17 heavy (non-hydrogen) atoms. The fourth-order valence-electron chi connectivity index (χ4n) is 3.01. The summed E-state index contributed by atoms with van der Waals surface area (Å²) in [5.41, 5.74) is 1.37. The molecule has 1 N–H and O–H groups in total. The molecule has 0 aromatic heterocycles. The Balaban J connectivity index is 1.63. The first-order valence-electron chi connectivity index (χ1n) is 6.52. The quantitative estimate of drug-likeness (QED) is 0.868. The van der Waals surface area contributed by atoms with Gasteiger partial charge in [0.1, 0.15) is 0 Å². The van der Waals surface area contributed by atoms with Crippen molar-refractivity contribution in [1.82, 2.24) is 10.2 Å². The second kappa shape index (κ2) is 4.97. The fourth-order valence-corrected chi connectivity index (χ4v) is 3.13. The zero-order valence-corrected chi connectivity index (χ0v) is 10.8. The van der Waals surface area contributed by atoms with Crippen LogP contribution in [0.15, 0.2) is 24.3 Å². The van der Waals surface area contributed by atoms with Crippen LogP contribution in [0.2, 0.25) is 5.02 Å². The average Bonchev–Trinajstić information content (AvgIpc) is 2.66. The molecule has 2 aliphatic heterocycles. The number of hydrogen-bond acceptors (Lipinski definition) is 2. The maximum absolute atomic E-state index is 5.91. The van der Waals surface area contributed by atoms with Gasteiger partial charge in [0, 0.05) is 36.7 Å². The monoisotopic (exact) mass is 250 g/mol. The van der Waals surface area contributed by atoms with Crippen molar-refractivity contribution in [3.05, 3.63) is 34.9 Å². The van der Waals surface area contributed by atoms with Gasteiger partial charge in [0.25, 0.3) is 0 Å². The Hall–Kier alpha value is -0.570. The van der Waals surface area contributed by atoms with E-state index >= 15 is 0 Å². The topological polar surface area (TPSA) is 15.3 Å². The van der Waals surface area contributed by atoms with E-state index in [9.17, 15) is 0 Å². The van der Waals surface area contributed by atoms with Gasteiger partial charge >= 0.3 is 0 Å². The van der Waals surface area contributed by atoms with E-state index in [0.717, 1.165) is 23.7 Å². The Kier molecular flexibility index (Phi) is 3.37. The molecule has 0 aliphatic carbocycles. The van der Waals surface area contributed by atoms with Crippen molar-refractivity contribution in [3.8, 4) is 0 Å². The minimum atomic E-state index is 0.717. The molecule has 3 rings (SSSR count). The second-order valence-corrected chi connectivity index (χ2v) is 5.72. The van der Waals surface area contributed by atoms with Gasteiger partial charge in [-0.2, -0.15) is 0 Å². The predicted octanol–water partition coefficient (Wildman–Crippen LogP) is 2.67. The van der Waals surface area contributed by atoms with Crippen molar-refractivity contribution in [2.45, 2.75) is 37.9 Å². The molecular formula is C14H19ClN2. The average molecular weight is 251 g/mol. The second-order valence-electron chi connectivity index (χ2n) is 5.29. The molecule has 0 spiro atoms. The van der Waals surface area contributed by atoms with Crippen molar-refractivity contribution in [1.29, 1.82) is 0 Å². The lowest BCUT2D eigenvalue weighted by Crippen LogP contribution is -2.34. The smallest absolute Gasteiger partial charge is 0.0406 e. The molecule has 2 nitrogen and oxygen atoms in total. The third-order valence-electron chi connectivity index (χ3n) is 3.93. The van der Waals surface area contributed by atoms with E-state index in [2.05, 4.69) is 22.3 Å². The summed E-state index contributed by atoms with van der Waals surface area (Å²) in [6.45, 7) is 3.47. The Bertz CT molecular complexity index is 376. The molecule has 1 aromatic rings. The molecular weight excluding hydrogens is 232 g/mol. The zero-order chi connectivity index (χ0) is 11.7. The van der Waals surface area contributed by atoms with E-state index in [1.54, 1.807) is 0 Å². The Labute approximate surface area is 108 Å². The lowest BCUT2D eigenvalue weighted by Gasteiger charge is -2.23. The van der Waals surface area contributed by atoms with Crippen LogP contribution in [0.25, 0.3) is 0 Å². The molecule has 2 atom stereocenters. The maximum atomic E-state index is 5.91. The van der Waals surface area contributed by atoms with Crippen molar-refractivity contribution >= 4 is 11.6 Å². The van der Waals surface area contributed by atoms with Gasteiger partial charge in [0.05, 0.1) is 0 Å². The van der Waals surface area contributed by atoms with Gasteiger partial charge in [-0.25, -0.2) is 0 Å². The largest absolute Gasteiger partial charge is 0.310 e. The predicted molar refractivity (Wildman–Crippen MR) is 71.3 cm³/mol. The van der Waals surface area contributed by atoms with E-state index in [4.69, 9.17) is 11.6 Å². The van der Waals surface area contributed by atoms with Crippen LogP contribution < -0.4 is 5.32 Å². The molecule has 2 unspecified atom stereocenters. The van der Waals surface area contributed by atoms with Crippen LogP contribution in [-0.2, 0) is 6.54 Å². The number of hydrogen-bond donors (Lipinski definition) is 1. The molecule has 2 aliphatic rings. The number of nitrogens with zero attached hydrogens (tertiary/aromatic N) is 1. The number of likely N-dealkylation sites (tertiary alicyclic amines) is 1. The van der Waals surface area contributed by atoms with E-state index in [0.29, 0.717) is 0 Å². The van der Waals surface area contributed by atoms with Gasteiger partial charge in [0.2, 0.25) is 0 Å². The highest BCUT2D eigenvalue weighted by atomic mass is 35.5.